The Morgan fingerprint density at radius 2 is 1.87 bits per heavy atom. The number of benzene rings is 2. The SMILES string of the molecule is COc1ccc(C)cc1N(CC(=O)Nc1cccnc1)S(=O)(=O)c1ccccc1C. The van der Waals surface area contributed by atoms with E-state index in [1.807, 2.05) is 13.0 Å². The van der Waals surface area contributed by atoms with Gasteiger partial charge in [-0.1, -0.05) is 24.3 Å². The van der Waals surface area contributed by atoms with Gasteiger partial charge >= 0.3 is 0 Å². The molecule has 2 aromatic carbocycles. The van der Waals surface area contributed by atoms with E-state index in [0.29, 0.717) is 22.7 Å². The maximum Gasteiger partial charge on any atom is 0.265 e. The molecule has 7 nitrogen and oxygen atoms in total. The number of nitrogens with zero attached hydrogens (tertiary/aromatic N) is 2. The third-order valence-corrected chi connectivity index (χ3v) is 6.42. The van der Waals surface area contributed by atoms with Crippen molar-refractivity contribution in [3.05, 3.63) is 78.1 Å². The van der Waals surface area contributed by atoms with Gasteiger partial charge in [-0.3, -0.25) is 14.1 Å². The molecule has 1 heterocycles. The molecule has 1 amide bonds. The second-order valence-electron chi connectivity index (χ2n) is 6.74. The second kappa shape index (κ2) is 8.96. The van der Waals surface area contributed by atoms with E-state index in [1.165, 1.54) is 19.4 Å². The summed E-state index contributed by atoms with van der Waals surface area (Å²) in [6.45, 7) is 3.14. The Bertz CT molecular complexity index is 1150. The number of aromatic nitrogens is 1. The van der Waals surface area contributed by atoms with Crippen LogP contribution in [0.2, 0.25) is 0 Å². The normalized spacial score (nSPS) is 11.0. The largest absolute Gasteiger partial charge is 0.495 e. The Balaban J connectivity index is 2.07. The number of pyridine rings is 1. The lowest BCUT2D eigenvalue weighted by Crippen LogP contribution is -2.38. The number of hydrogen-bond donors (Lipinski definition) is 1. The molecule has 0 saturated heterocycles. The zero-order valence-electron chi connectivity index (χ0n) is 17.0. The fourth-order valence-electron chi connectivity index (χ4n) is 3.03. The highest BCUT2D eigenvalue weighted by molar-refractivity contribution is 7.93. The van der Waals surface area contributed by atoms with Gasteiger partial charge in [0.25, 0.3) is 10.0 Å². The van der Waals surface area contributed by atoms with Crippen molar-refractivity contribution >= 4 is 27.3 Å². The van der Waals surface area contributed by atoms with Gasteiger partial charge in [-0.25, -0.2) is 8.42 Å². The summed E-state index contributed by atoms with van der Waals surface area (Å²) < 4.78 is 33.7. The van der Waals surface area contributed by atoms with Crippen molar-refractivity contribution in [3.8, 4) is 5.75 Å². The highest BCUT2D eigenvalue weighted by atomic mass is 32.2. The maximum absolute atomic E-state index is 13.6. The molecule has 0 bridgehead atoms. The standard InChI is InChI=1S/C22H23N3O4S/c1-16-10-11-20(29-3)19(13-16)25(15-22(26)24-18-8-6-12-23-14-18)30(27,28)21-9-5-4-7-17(21)2/h4-14H,15H2,1-3H3,(H,24,26). The molecule has 0 unspecified atom stereocenters. The summed E-state index contributed by atoms with van der Waals surface area (Å²) in [7, 11) is -2.58. The van der Waals surface area contributed by atoms with Crippen LogP contribution in [0, 0.1) is 13.8 Å². The fourth-order valence-corrected chi connectivity index (χ4v) is 4.68. The molecule has 8 heteroatoms. The first-order valence-electron chi connectivity index (χ1n) is 9.26. The third-order valence-electron chi connectivity index (χ3n) is 4.50. The maximum atomic E-state index is 13.6. The predicted molar refractivity (Wildman–Crippen MR) is 116 cm³/mol. The number of ether oxygens (including phenoxy) is 1. The molecule has 0 aliphatic heterocycles. The lowest BCUT2D eigenvalue weighted by atomic mass is 10.2. The molecule has 3 aromatic rings. The summed E-state index contributed by atoms with van der Waals surface area (Å²) in [5.74, 6) is -0.143. The van der Waals surface area contributed by atoms with Crippen molar-refractivity contribution in [3.63, 3.8) is 0 Å². The molecule has 0 aliphatic rings. The number of amides is 1. The molecule has 0 fully saturated rings. The van der Waals surface area contributed by atoms with Crippen LogP contribution in [0.15, 0.2) is 71.9 Å². The van der Waals surface area contributed by atoms with E-state index in [9.17, 15) is 13.2 Å². The van der Waals surface area contributed by atoms with Crippen LogP contribution in [-0.4, -0.2) is 33.0 Å². The summed E-state index contributed by atoms with van der Waals surface area (Å²) in [5, 5.41) is 2.68. The minimum atomic E-state index is -4.04. The molecule has 156 valence electrons. The van der Waals surface area contributed by atoms with Crippen LogP contribution in [0.4, 0.5) is 11.4 Å². The second-order valence-corrected chi connectivity index (χ2v) is 8.57. The first-order chi connectivity index (χ1) is 14.3. The van der Waals surface area contributed by atoms with E-state index in [2.05, 4.69) is 10.3 Å². The summed E-state index contributed by atoms with van der Waals surface area (Å²) in [6.07, 6.45) is 3.08. The fraction of sp³-hybridized carbons (Fsp3) is 0.182. The first-order valence-corrected chi connectivity index (χ1v) is 10.7. The molecular formula is C22H23N3O4S. The molecule has 1 aromatic heterocycles. The van der Waals surface area contributed by atoms with Crippen molar-refractivity contribution in [2.24, 2.45) is 0 Å². The number of carbonyl (C=O) groups excluding carboxylic acids is 1. The number of sulfonamides is 1. The zero-order chi connectivity index (χ0) is 21.7. The Morgan fingerprint density at radius 1 is 1.10 bits per heavy atom. The molecule has 0 radical (unpaired) electrons. The Hall–Kier alpha value is -3.39. The average Bonchev–Trinajstić information content (AvgIpc) is 2.73. The van der Waals surface area contributed by atoms with Crippen LogP contribution in [0.3, 0.4) is 0 Å². The third kappa shape index (κ3) is 4.60. The van der Waals surface area contributed by atoms with Crippen LogP contribution < -0.4 is 14.4 Å². The Morgan fingerprint density at radius 3 is 2.53 bits per heavy atom. The van der Waals surface area contributed by atoms with Crippen LogP contribution in [-0.2, 0) is 14.8 Å². The van der Waals surface area contributed by atoms with Crippen LogP contribution in [0.5, 0.6) is 5.75 Å². The van der Waals surface area contributed by atoms with Gasteiger partial charge in [0.1, 0.15) is 12.3 Å². The van der Waals surface area contributed by atoms with Crippen molar-refractivity contribution in [2.45, 2.75) is 18.7 Å². The number of methoxy groups -OCH3 is 1. The zero-order valence-corrected chi connectivity index (χ0v) is 17.8. The molecule has 3 rings (SSSR count). The highest BCUT2D eigenvalue weighted by Crippen LogP contribution is 2.34. The van der Waals surface area contributed by atoms with E-state index in [1.54, 1.807) is 55.6 Å². The van der Waals surface area contributed by atoms with Crippen molar-refractivity contribution < 1.29 is 17.9 Å². The summed E-state index contributed by atoms with van der Waals surface area (Å²) in [5.41, 5.74) is 2.19. The summed E-state index contributed by atoms with van der Waals surface area (Å²) in [4.78, 5) is 16.8. The number of hydrogen-bond acceptors (Lipinski definition) is 5. The van der Waals surface area contributed by atoms with E-state index in [0.717, 1.165) is 9.87 Å². The highest BCUT2D eigenvalue weighted by Gasteiger charge is 2.30. The lowest BCUT2D eigenvalue weighted by molar-refractivity contribution is -0.114. The molecule has 0 saturated carbocycles. The van der Waals surface area contributed by atoms with Gasteiger partial charge in [0.15, 0.2) is 0 Å². The molecule has 0 spiro atoms. The van der Waals surface area contributed by atoms with Crippen LogP contribution in [0.1, 0.15) is 11.1 Å². The van der Waals surface area contributed by atoms with Gasteiger partial charge in [-0.05, 0) is 55.3 Å². The van der Waals surface area contributed by atoms with Crippen molar-refractivity contribution in [1.29, 1.82) is 0 Å². The van der Waals surface area contributed by atoms with Crippen LogP contribution >= 0.6 is 0 Å². The number of aryl methyl sites for hydroxylation is 2. The smallest absolute Gasteiger partial charge is 0.265 e. The minimum absolute atomic E-state index is 0.128. The van der Waals surface area contributed by atoms with Gasteiger partial charge in [0, 0.05) is 6.20 Å². The van der Waals surface area contributed by atoms with Gasteiger partial charge in [-0.2, -0.15) is 0 Å². The Labute approximate surface area is 176 Å². The number of anilines is 2. The summed E-state index contributed by atoms with van der Waals surface area (Å²) >= 11 is 0. The first kappa shape index (κ1) is 21.3. The topological polar surface area (TPSA) is 88.6 Å². The van der Waals surface area contributed by atoms with E-state index in [4.69, 9.17) is 4.74 Å². The average molecular weight is 426 g/mol. The molecule has 0 atom stereocenters. The molecule has 30 heavy (non-hydrogen) atoms. The minimum Gasteiger partial charge on any atom is -0.495 e. The predicted octanol–water partition coefficient (Wildman–Crippen LogP) is 3.54. The van der Waals surface area contributed by atoms with Gasteiger partial charge in [-0.15, -0.1) is 0 Å². The van der Waals surface area contributed by atoms with E-state index < -0.39 is 22.5 Å². The van der Waals surface area contributed by atoms with Gasteiger partial charge in [0.05, 0.1) is 29.6 Å². The van der Waals surface area contributed by atoms with Crippen LogP contribution in [0.25, 0.3) is 0 Å². The number of rotatable bonds is 7. The van der Waals surface area contributed by atoms with E-state index in [-0.39, 0.29) is 4.90 Å². The monoisotopic (exact) mass is 425 g/mol. The molecule has 0 aliphatic carbocycles. The van der Waals surface area contributed by atoms with E-state index >= 15 is 0 Å². The summed E-state index contributed by atoms with van der Waals surface area (Å²) in [6, 6.07) is 15.2. The number of nitrogens with one attached hydrogen (secondary N) is 1. The van der Waals surface area contributed by atoms with Crippen molar-refractivity contribution in [1.82, 2.24) is 4.98 Å². The van der Waals surface area contributed by atoms with Gasteiger partial charge in [0.2, 0.25) is 5.91 Å². The molecular weight excluding hydrogens is 402 g/mol. The molecule has 1 N–H and O–H groups in total. The lowest BCUT2D eigenvalue weighted by Gasteiger charge is -2.26. The quantitative estimate of drug-likeness (QED) is 0.625. The Kier molecular flexibility index (Phi) is 6.37. The number of carbonyl (C=O) groups is 1. The van der Waals surface area contributed by atoms with Crippen molar-refractivity contribution in [2.75, 3.05) is 23.3 Å². The van der Waals surface area contributed by atoms with Gasteiger partial charge < -0.3 is 10.1 Å².